The Morgan fingerprint density at radius 3 is 2.75 bits per heavy atom. The fourth-order valence-corrected chi connectivity index (χ4v) is 1.27. The molecule has 0 radical (unpaired) electrons. The van der Waals surface area contributed by atoms with Crippen molar-refractivity contribution in [3.8, 4) is 0 Å². The van der Waals surface area contributed by atoms with Crippen LogP contribution in [0.3, 0.4) is 0 Å². The topological polar surface area (TPSA) is 77.1 Å². The molecule has 0 spiro atoms. The second-order valence-electron chi connectivity index (χ2n) is 3.55. The van der Waals surface area contributed by atoms with Crippen molar-refractivity contribution >= 4 is 11.6 Å². The molecule has 1 heterocycles. The Morgan fingerprint density at radius 2 is 2.19 bits per heavy atom. The van der Waals surface area contributed by atoms with Crippen molar-refractivity contribution in [2.45, 2.75) is 32.9 Å². The lowest BCUT2D eigenvalue weighted by molar-refractivity contribution is -0.117. The van der Waals surface area contributed by atoms with Crippen LogP contribution in [0.2, 0.25) is 0 Å². The summed E-state index contributed by atoms with van der Waals surface area (Å²) in [5.41, 5.74) is 6.09. The SMILES string of the molecule is CCC(N)C(=O)Nc1ccc(=O)n(CC)c1. The van der Waals surface area contributed by atoms with Gasteiger partial charge in [-0.05, 0) is 19.4 Å². The number of rotatable bonds is 4. The average Bonchev–Trinajstić information content (AvgIpc) is 2.30. The van der Waals surface area contributed by atoms with Crippen molar-refractivity contribution in [1.29, 1.82) is 0 Å². The maximum absolute atomic E-state index is 11.5. The first-order valence-electron chi connectivity index (χ1n) is 5.35. The number of hydrogen-bond donors (Lipinski definition) is 2. The highest BCUT2D eigenvalue weighted by molar-refractivity contribution is 5.94. The molecule has 0 saturated carbocycles. The van der Waals surface area contributed by atoms with E-state index in [4.69, 9.17) is 5.73 Å². The highest BCUT2D eigenvalue weighted by atomic mass is 16.2. The molecule has 1 amide bonds. The molecule has 0 saturated heterocycles. The molecule has 16 heavy (non-hydrogen) atoms. The monoisotopic (exact) mass is 223 g/mol. The molecule has 0 bridgehead atoms. The molecule has 0 aliphatic rings. The van der Waals surface area contributed by atoms with Gasteiger partial charge in [0.05, 0.1) is 11.7 Å². The first-order valence-corrected chi connectivity index (χ1v) is 5.35. The predicted octanol–water partition coefficient (Wildman–Crippen LogP) is 0.544. The van der Waals surface area contributed by atoms with Crippen LogP contribution in [0.5, 0.6) is 0 Å². The standard InChI is InChI=1S/C11H17N3O2/c1-3-9(12)11(16)13-8-5-6-10(15)14(4-2)7-8/h5-7,9H,3-4,12H2,1-2H3,(H,13,16). The second kappa shape index (κ2) is 5.46. The Bertz CT molecular complexity index is 425. The van der Waals surface area contributed by atoms with E-state index in [2.05, 4.69) is 5.32 Å². The molecule has 88 valence electrons. The molecular formula is C11H17N3O2. The third-order valence-electron chi connectivity index (χ3n) is 2.37. The molecule has 5 heteroatoms. The minimum absolute atomic E-state index is 0.0831. The van der Waals surface area contributed by atoms with Crippen LogP contribution in [-0.4, -0.2) is 16.5 Å². The molecule has 1 rings (SSSR count). The van der Waals surface area contributed by atoms with Crippen molar-refractivity contribution < 1.29 is 4.79 Å². The number of nitrogens with two attached hydrogens (primary N) is 1. The average molecular weight is 223 g/mol. The van der Waals surface area contributed by atoms with Crippen molar-refractivity contribution in [2.24, 2.45) is 5.73 Å². The third kappa shape index (κ3) is 2.93. The van der Waals surface area contributed by atoms with E-state index < -0.39 is 6.04 Å². The van der Waals surface area contributed by atoms with Gasteiger partial charge in [-0.2, -0.15) is 0 Å². The normalized spacial score (nSPS) is 12.2. The third-order valence-corrected chi connectivity index (χ3v) is 2.37. The number of aryl methyl sites for hydroxylation is 1. The highest BCUT2D eigenvalue weighted by Crippen LogP contribution is 2.04. The number of hydrogen-bond acceptors (Lipinski definition) is 3. The van der Waals surface area contributed by atoms with Crippen LogP contribution >= 0.6 is 0 Å². The van der Waals surface area contributed by atoms with E-state index in [0.29, 0.717) is 18.7 Å². The molecule has 0 aliphatic heterocycles. The zero-order valence-electron chi connectivity index (χ0n) is 9.56. The fraction of sp³-hybridized carbons (Fsp3) is 0.455. The molecule has 1 aromatic heterocycles. The van der Waals surface area contributed by atoms with Crippen molar-refractivity contribution in [3.63, 3.8) is 0 Å². The van der Waals surface area contributed by atoms with Crippen LogP contribution in [0.4, 0.5) is 5.69 Å². The van der Waals surface area contributed by atoms with Gasteiger partial charge in [-0.3, -0.25) is 9.59 Å². The van der Waals surface area contributed by atoms with Gasteiger partial charge >= 0.3 is 0 Å². The summed E-state index contributed by atoms with van der Waals surface area (Å²) in [4.78, 5) is 22.8. The van der Waals surface area contributed by atoms with Crippen molar-refractivity contribution in [1.82, 2.24) is 4.57 Å². The van der Waals surface area contributed by atoms with E-state index in [1.54, 1.807) is 12.3 Å². The molecular weight excluding hydrogens is 206 g/mol. The first-order chi connectivity index (χ1) is 7.58. The van der Waals surface area contributed by atoms with E-state index in [1.807, 2.05) is 13.8 Å². The first kappa shape index (κ1) is 12.4. The minimum Gasteiger partial charge on any atom is -0.323 e. The summed E-state index contributed by atoms with van der Waals surface area (Å²) in [5.74, 6) is -0.233. The van der Waals surface area contributed by atoms with Gasteiger partial charge in [0, 0.05) is 18.8 Å². The predicted molar refractivity (Wildman–Crippen MR) is 63.3 cm³/mol. The van der Waals surface area contributed by atoms with Gasteiger partial charge in [-0.15, -0.1) is 0 Å². The van der Waals surface area contributed by atoms with Gasteiger partial charge < -0.3 is 15.6 Å². The summed E-state index contributed by atoms with van der Waals surface area (Å²) in [5, 5.41) is 2.67. The fourth-order valence-electron chi connectivity index (χ4n) is 1.27. The number of aromatic nitrogens is 1. The highest BCUT2D eigenvalue weighted by Gasteiger charge is 2.11. The summed E-state index contributed by atoms with van der Waals surface area (Å²) in [6, 6.07) is 2.49. The van der Waals surface area contributed by atoms with Crippen LogP contribution in [-0.2, 0) is 11.3 Å². The molecule has 5 nitrogen and oxygen atoms in total. The lowest BCUT2D eigenvalue weighted by atomic mass is 10.2. The Labute approximate surface area is 94.3 Å². The van der Waals surface area contributed by atoms with E-state index in [1.165, 1.54) is 10.6 Å². The largest absolute Gasteiger partial charge is 0.323 e. The molecule has 0 aromatic carbocycles. The van der Waals surface area contributed by atoms with Gasteiger partial charge in [0.1, 0.15) is 0 Å². The van der Waals surface area contributed by atoms with Gasteiger partial charge in [0.15, 0.2) is 0 Å². The maximum Gasteiger partial charge on any atom is 0.250 e. The second-order valence-corrected chi connectivity index (χ2v) is 3.55. The zero-order chi connectivity index (χ0) is 12.1. The number of anilines is 1. The summed E-state index contributed by atoms with van der Waals surface area (Å²) in [7, 11) is 0. The number of pyridine rings is 1. The Balaban J connectivity index is 2.82. The number of carbonyl (C=O) groups excluding carboxylic acids is 1. The number of nitrogens with one attached hydrogen (secondary N) is 1. The van der Waals surface area contributed by atoms with Gasteiger partial charge in [0.2, 0.25) is 5.91 Å². The van der Waals surface area contributed by atoms with Crippen LogP contribution in [0, 0.1) is 0 Å². The number of nitrogens with zero attached hydrogens (tertiary/aromatic N) is 1. The van der Waals surface area contributed by atoms with Crippen LogP contribution < -0.4 is 16.6 Å². The Morgan fingerprint density at radius 1 is 1.50 bits per heavy atom. The van der Waals surface area contributed by atoms with Crippen LogP contribution in [0.1, 0.15) is 20.3 Å². The minimum atomic E-state index is -0.512. The summed E-state index contributed by atoms with van der Waals surface area (Å²) < 4.78 is 1.52. The number of amides is 1. The van der Waals surface area contributed by atoms with E-state index in [-0.39, 0.29) is 11.5 Å². The molecule has 1 aromatic rings. The lowest BCUT2D eigenvalue weighted by Gasteiger charge is -2.11. The summed E-state index contributed by atoms with van der Waals surface area (Å²) in [6.07, 6.45) is 2.20. The number of carbonyl (C=O) groups is 1. The summed E-state index contributed by atoms with van der Waals surface area (Å²) in [6.45, 7) is 4.28. The zero-order valence-corrected chi connectivity index (χ0v) is 9.56. The molecule has 0 fully saturated rings. The van der Waals surface area contributed by atoms with Gasteiger partial charge in [0.25, 0.3) is 5.56 Å². The van der Waals surface area contributed by atoms with E-state index >= 15 is 0 Å². The molecule has 1 unspecified atom stereocenters. The van der Waals surface area contributed by atoms with E-state index in [9.17, 15) is 9.59 Å². The Hall–Kier alpha value is -1.62. The Kier molecular flexibility index (Phi) is 4.25. The quantitative estimate of drug-likeness (QED) is 0.782. The van der Waals surface area contributed by atoms with Crippen molar-refractivity contribution in [2.75, 3.05) is 5.32 Å². The summed E-state index contributed by atoms with van der Waals surface area (Å²) >= 11 is 0. The molecule has 0 aliphatic carbocycles. The maximum atomic E-state index is 11.5. The van der Waals surface area contributed by atoms with Crippen molar-refractivity contribution in [3.05, 3.63) is 28.7 Å². The van der Waals surface area contributed by atoms with E-state index in [0.717, 1.165) is 0 Å². The molecule has 3 N–H and O–H groups in total. The van der Waals surface area contributed by atoms with Crippen LogP contribution in [0.25, 0.3) is 0 Å². The molecule has 1 atom stereocenters. The van der Waals surface area contributed by atoms with Gasteiger partial charge in [-0.1, -0.05) is 6.92 Å². The van der Waals surface area contributed by atoms with Crippen LogP contribution in [0.15, 0.2) is 23.1 Å². The lowest BCUT2D eigenvalue weighted by Crippen LogP contribution is -2.35. The smallest absolute Gasteiger partial charge is 0.250 e. The van der Waals surface area contributed by atoms with Gasteiger partial charge in [-0.25, -0.2) is 0 Å².